The number of aryl methyl sites for hydroxylation is 3. The van der Waals surface area contributed by atoms with Crippen LogP contribution in [0.1, 0.15) is 29.2 Å². The lowest BCUT2D eigenvalue weighted by Crippen LogP contribution is -2.01. The van der Waals surface area contributed by atoms with Gasteiger partial charge in [-0.15, -0.1) is 0 Å². The monoisotopic (exact) mass is 264 g/mol. The van der Waals surface area contributed by atoms with Crippen LogP contribution in [-0.4, -0.2) is 14.9 Å². The second kappa shape index (κ2) is 5.55. The lowest BCUT2D eigenvalue weighted by Gasteiger charge is -2.13. The van der Waals surface area contributed by atoms with Gasteiger partial charge in [0.05, 0.1) is 12.3 Å². The summed E-state index contributed by atoms with van der Waals surface area (Å²) in [5.74, 6) is 0. The van der Waals surface area contributed by atoms with Gasteiger partial charge in [0.15, 0.2) is 0 Å². The topological polar surface area (TPSA) is 38.1 Å². The first-order valence-electron chi connectivity index (χ1n) is 5.98. The molecule has 0 saturated heterocycles. The summed E-state index contributed by atoms with van der Waals surface area (Å²) < 4.78 is 1.77. The molecule has 2 rings (SSSR count). The first kappa shape index (κ1) is 13.1. The van der Waals surface area contributed by atoms with Crippen LogP contribution in [0, 0.1) is 6.92 Å². The van der Waals surface area contributed by atoms with Crippen LogP contribution in [0.25, 0.3) is 0 Å². The van der Waals surface area contributed by atoms with Crippen molar-refractivity contribution in [1.29, 1.82) is 0 Å². The Morgan fingerprint density at radius 3 is 2.89 bits per heavy atom. The predicted octanol–water partition coefficient (Wildman–Crippen LogP) is 3.05. The molecular formula is C14H17ClN2O. The molecule has 0 bridgehead atoms. The van der Waals surface area contributed by atoms with Crippen LogP contribution in [0.4, 0.5) is 0 Å². The maximum atomic E-state index is 10.2. The second-order valence-corrected chi connectivity index (χ2v) is 4.93. The zero-order chi connectivity index (χ0) is 13.1. The Morgan fingerprint density at radius 2 is 2.22 bits per heavy atom. The minimum absolute atomic E-state index is 0.530. The number of benzene rings is 1. The summed E-state index contributed by atoms with van der Waals surface area (Å²) in [7, 11) is 1.89. The number of aliphatic hydroxyl groups excluding tert-OH is 1. The third-order valence-electron chi connectivity index (χ3n) is 3.05. The molecular weight excluding hydrogens is 248 g/mol. The van der Waals surface area contributed by atoms with Gasteiger partial charge in [0.1, 0.15) is 0 Å². The van der Waals surface area contributed by atoms with Crippen LogP contribution < -0.4 is 0 Å². The molecule has 0 aliphatic rings. The van der Waals surface area contributed by atoms with Crippen molar-refractivity contribution in [2.75, 3.05) is 0 Å². The van der Waals surface area contributed by atoms with Crippen molar-refractivity contribution >= 4 is 11.6 Å². The molecule has 18 heavy (non-hydrogen) atoms. The fourth-order valence-electron chi connectivity index (χ4n) is 1.99. The molecule has 1 aromatic heterocycles. The van der Waals surface area contributed by atoms with Crippen molar-refractivity contribution in [1.82, 2.24) is 9.78 Å². The smallest absolute Gasteiger partial charge is 0.0807 e. The molecule has 0 aliphatic carbocycles. The fraction of sp³-hybridized carbons (Fsp3) is 0.357. The summed E-state index contributed by atoms with van der Waals surface area (Å²) in [4.78, 5) is 0. The predicted molar refractivity (Wildman–Crippen MR) is 72.7 cm³/mol. The zero-order valence-electron chi connectivity index (χ0n) is 10.6. The van der Waals surface area contributed by atoms with E-state index in [0.29, 0.717) is 11.4 Å². The molecule has 0 fully saturated rings. The maximum absolute atomic E-state index is 10.2. The Balaban J connectivity index is 2.03. The summed E-state index contributed by atoms with van der Waals surface area (Å²) in [6.45, 7) is 1.94. The molecule has 3 nitrogen and oxygen atoms in total. The number of nitrogens with zero attached hydrogens (tertiary/aromatic N) is 2. The van der Waals surface area contributed by atoms with Gasteiger partial charge >= 0.3 is 0 Å². The summed E-state index contributed by atoms with van der Waals surface area (Å²) >= 11 is 6.20. The van der Waals surface area contributed by atoms with Crippen molar-refractivity contribution in [2.45, 2.75) is 25.9 Å². The molecule has 1 atom stereocenters. The number of hydrogen-bond donors (Lipinski definition) is 1. The molecule has 0 spiro atoms. The summed E-state index contributed by atoms with van der Waals surface area (Å²) in [6, 6.07) is 5.74. The average molecular weight is 265 g/mol. The van der Waals surface area contributed by atoms with Gasteiger partial charge in [-0.05, 0) is 36.5 Å². The van der Waals surface area contributed by atoms with Gasteiger partial charge < -0.3 is 5.11 Å². The van der Waals surface area contributed by atoms with Crippen LogP contribution in [0.2, 0.25) is 5.02 Å². The van der Waals surface area contributed by atoms with Gasteiger partial charge in [-0.25, -0.2) is 0 Å². The van der Waals surface area contributed by atoms with E-state index in [1.165, 1.54) is 0 Å². The van der Waals surface area contributed by atoms with E-state index in [9.17, 15) is 5.11 Å². The molecule has 1 heterocycles. The third kappa shape index (κ3) is 2.92. The standard InChI is InChI=1S/C14H17ClN2O/c1-10-4-3-5-12(14(10)15)13(18)7-6-11-8-16-17(2)9-11/h3-5,8-9,13,18H,6-7H2,1-2H3. The molecule has 1 N–H and O–H groups in total. The molecule has 0 aliphatic heterocycles. The molecule has 4 heteroatoms. The highest BCUT2D eigenvalue weighted by Crippen LogP contribution is 2.28. The summed E-state index contributed by atoms with van der Waals surface area (Å²) in [5, 5.41) is 15.0. The summed E-state index contributed by atoms with van der Waals surface area (Å²) in [6.07, 6.45) is 4.70. The van der Waals surface area contributed by atoms with Gasteiger partial charge in [-0.1, -0.05) is 29.8 Å². The normalized spacial score (nSPS) is 12.7. The minimum Gasteiger partial charge on any atom is -0.388 e. The van der Waals surface area contributed by atoms with E-state index in [4.69, 9.17) is 11.6 Å². The number of hydrogen-bond acceptors (Lipinski definition) is 2. The van der Waals surface area contributed by atoms with Gasteiger partial charge in [-0.2, -0.15) is 5.10 Å². The van der Waals surface area contributed by atoms with Crippen molar-refractivity contribution in [3.05, 3.63) is 52.3 Å². The highest BCUT2D eigenvalue weighted by Gasteiger charge is 2.13. The van der Waals surface area contributed by atoms with Gasteiger partial charge in [0.25, 0.3) is 0 Å². The van der Waals surface area contributed by atoms with E-state index in [-0.39, 0.29) is 0 Å². The van der Waals surface area contributed by atoms with Crippen molar-refractivity contribution in [2.24, 2.45) is 7.05 Å². The van der Waals surface area contributed by atoms with E-state index < -0.39 is 6.10 Å². The van der Waals surface area contributed by atoms with Crippen molar-refractivity contribution in [3.8, 4) is 0 Å². The Bertz CT molecular complexity index is 536. The van der Waals surface area contributed by atoms with Crippen LogP contribution in [0.15, 0.2) is 30.6 Å². The van der Waals surface area contributed by atoms with Gasteiger partial charge in [0, 0.05) is 18.3 Å². The largest absolute Gasteiger partial charge is 0.388 e. The highest BCUT2D eigenvalue weighted by molar-refractivity contribution is 6.32. The molecule has 0 amide bonds. The quantitative estimate of drug-likeness (QED) is 0.922. The average Bonchev–Trinajstić information content (AvgIpc) is 2.76. The SMILES string of the molecule is Cc1cccc(C(O)CCc2cnn(C)c2)c1Cl. The fourth-order valence-corrected chi connectivity index (χ4v) is 2.24. The van der Waals surface area contributed by atoms with Crippen molar-refractivity contribution in [3.63, 3.8) is 0 Å². The van der Waals surface area contributed by atoms with E-state index in [1.54, 1.807) is 4.68 Å². The van der Waals surface area contributed by atoms with Crippen LogP contribution in [-0.2, 0) is 13.5 Å². The number of halogens is 1. The Kier molecular flexibility index (Phi) is 4.04. The lowest BCUT2D eigenvalue weighted by atomic mass is 10.0. The van der Waals surface area contributed by atoms with Crippen LogP contribution in [0.5, 0.6) is 0 Å². The molecule has 96 valence electrons. The Hall–Kier alpha value is -1.32. The molecule has 0 saturated carbocycles. The minimum atomic E-state index is -0.530. The highest BCUT2D eigenvalue weighted by atomic mass is 35.5. The number of aliphatic hydroxyl groups is 1. The Labute approximate surface area is 112 Å². The second-order valence-electron chi connectivity index (χ2n) is 4.55. The number of aromatic nitrogens is 2. The van der Waals surface area contributed by atoms with E-state index in [2.05, 4.69) is 5.10 Å². The van der Waals surface area contributed by atoms with Crippen molar-refractivity contribution < 1.29 is 5.11 Å². The third-order valence-corrected chi connectivity index (χ3v) is 3.56. The Morgan fingerprint density at radius 1 is 1.44 bits per heavy atom. The molecule has 0 radical (unpaired) electrons. The number of rotatable bonds is 4. The van der Waals surface area contributed by atoms with Crippen LogP contribution >= 0.6 is 11.6 Å². The molecule has 1 unspecified atom stereocenters. The summed E-state index contributed by atoms with van der Waals surface area (Å²) in [5.41, 5.74) is 2.93. The van der Waals surface area contributed by atoms with Crippen LogP contribution in [0.3, 0.4) is 0 Å². The maximum Gasteiger partial charge on any atom is 0.0807 e. The van der Waals surface area contributed by atoms with E-state index >= 15 is 0 Å². The molecule has 2 aromatic rings. The zero-order valence-corrected chi connectivity index (χ0v) is 11.4. The first-order chi connectivity index (χ1) is 8.58. The molecule has 1 aromatic carbocycles. The first-order valence-corrected chi connectivity index (χ1v) is 6.36. The van der Waals surface area contributed by atoms with E-state index in [0.717, 1.165) is 23.1 Å². The van der Waals surface area contributed by atoms with Gasteiger partial charge in [0.2, 0.25) is 0 Å². The lowest BCUT2D eigenvalue weighted by molar-refractivity contribution is 0.168. The van der Waals surface area contributed by atoms with Gasteiger partial charge in [-0.3, -0.25) is 4.68 Å². The van der Waals surface area contributed by atoms with E-state index in [1.807, 2.05) is 44.6 Å².